The second-order valence-electron chi connectivity index (χ2n) is 9.41. The van der Waals surface area contributed by atoms with Crippen LogP contribution in [0.25, 0.3) is 0 Å². The summed E-state index contributed by atoms with van der Waals surface area (Å²) < 4.78 is 0. The Morgan fingerprint density at radius 2 is 1.74 bits per heavy atom. The van der Waals surface area contributed by atoms with Crippen LogP contribution >= 0.6 is 0 Å². The van der Waals surface area contributed by atoms with Crippen molar-refractivity contribution in [3.05, 3.63) is 0 Å². The van der Waals surface area contributed by atoms with Gasteiger partial charge < -0.3 is 5.11 Å². The van der Waals surface area contributed by atoms with Crippen LogP contribution in [0.3, 0.4) is 0 Å². The van der Waals surface area contributed by atoms with E-state index in [2.05, 4.69) is 13.8 Å². The monoisotopic (exact) mass is 318 g/mol. The first kappa shape index (κ1) is 15.7. The van der Waals surface area contributed by atoms with Crippen molar-refractivity contribution in [1.82, 2.24) is 0 Å². The quantitative estimate of drug-likeness (QED) is 0.784. The molecule has 23 heavy (non-hydrogen) atoms. The van der Waals surface area contributed by atoms with E-state index in [-0.39, 0.29) is 11.3 Å². The van der Waals surface area contributed by atoms with Crippen LogP contribution in [0.5, 0.6) is 0 Å². The zero-order valence-corrected chi connectivity index (χ0v) is 14.5. The third-order valence-corrected chi connectivity index (χ3v) is 8.78. The van der Waals surface area contributed by atoms with Crippen LogP contribution in [0.2, 0.25) is 0 Å². The Hall–Kier alpha value is -0.860. The molecule has 1 unspecified atom stereocenters. The lowest BCUT2D eigenvalue weighted by atomic mass is 9.45. The summed E-state index contributed by atoms with van der Waals surface area (Å²) in [6.07, 6.45) is 9.30. The first-order valence-corrected chi connectivity index (χ1v) is 9.61. The Balaban J connectivity index is 1.63. The molecule has 4 fully saturated rings. The van der Waals surface area contributed by atoms with Gasteiger partial charge in [0.2, 0.25) is 0 Å². The first-order chi connectivity index (χ1) is 10.9. The molecular formula is C20H30O3. The van der Waals surface area contributed by atoms with E-state index in [1.54, 1.807) is 0 Å². The number of rotatable bonds is 1. The maximum absolute atomic E-state index is 11.9. The van der Waals surface area contributed by atoms with Gasteiger partial charge in [0.1, 0.15) is 5.78 Å². The van der Waals surface area contributed by atoms with Crippen molar-refractivity contribution in [3.63, 3.8) is 0 Å². The zero-order chi connectivity index (χ0) is 16.4. The molecular weight excluding hydrogens is 288 g/mol. The summed E-state index contributed by atoms with van der Waals surface area (Å²) in [4.78, 5) is 23.6. The molecule has 0 heterocycles. The minimum Gasteiger partial charge on any atom is -0.481 e. The summed E-state index contributed by atoms with van der Waals surface area (Å²) in [6, 6.07) is 0. The van der Waals surface area contributed by atoms with Crippen LogP contribution in [0, 0.1) is 40.4 Å². The van der Waals surface area contributed by atoms with Gasteiger partial charge in [0.25, 0.3) is 0 Å². The highest BCUT2D eigenvalue weighted by Crippen LogP contribution is 2.67. The van der Waals surface area contributed by atoms with Crippen LogP contribution in [-0.2, 0) is 9.59 Å². The number of carbonyl (C=O) groups is 2. The molecule has 0 aromatic rings. The Labute approximate surface area is 139 Å². The summed E-state index contributed by atoms with van der Waals surface area (Å²) in [6.45, 7) is 4.71. The Bertz CT molecular complexity index is 541. The van der Waals surface area contributed by atoms with Crippen LogP contribution < -0.4 is 0 Å². The van der Waals surface area contributed by atoms with E-state index in [1.165, 1.54) is 19.3 Å². The van der Waals surface area contributed by atoms with E-state index in [0.29, 0.717) is 29.0 Å². The highest BCUT2D eigenvalue weighted by molar-refractivity contribution is 5.79. The first-order valence-electron chi connectivity index (χ1n) is 9.61. The lowest BCUT2D eigenvalue weighted by Crippen LogP contribution is -2.53. The Kier molecular flexibility index (Phi) is 3.45. The fraction of sp³-hybridized carbons (Fsp3) is 0.900. The van der Waals surface area contributed by atoms with E-state index in [0.717, 1.165) is 44.4 Å². The molecule has 0 aromatic heterocycles. The second-order valence-corrected chi connectivity index (χ2v) is 9.41. The van der Waals surface area contributed by atoms with Gasteiger partial charge >= 0.3 is 5.97 Å². The summed E-state index contributed by atoms with van der Waals surface area (Å²) >= 11 is 0. The van der Waals surface area contributed by atoms with E-state index >= 15 is 0 Å². The SMILES string of the molecule is C[C@]12CC[C@H]3[C@@H](CCC4CC(=O)CC[C@@]43C)[C@@H]1CC[C@@H]2C(=O)O. The molecule has 1 N–H and O–H groups in total. The number of Topliss-reactive ketones (excluding diaryl/α,β-unsaturated/α-hetero) is 1. The average molecular weight is 318 g/mol. The normalized spacial score (nSPS) is 52.4. The minimum absolute atomic E-state index is 0.0146. The van der Waals surface area contributed by atoms with Gasteiger partial charge in [-0.15, -0.1) is 0 Å². The molecule has 0 saturated heterocycles. The molecule has 4 aliphatic carbocycles. The molecule has 0 aliphatic heterocycles. The number of carboxylic acid groups (broad SMARTS) is 1. The molecule has 4 aliphatic rings. The highest BCUT2D eigenvalue weighted by Gasteiger charge is 2.61. The number of hydrogen-bond donors (Lipinski definition) is 1. The van der Waals surface area contributed by atoms with E-state index < -0.39 is 5.97 Å². The Morgan fingerprint density at radius 1 is 1.00 bits per heavy atom. The lowest BCUT2D eigenvalue weighted by Gasteiger charge is -2.60. The third-order valence-electron chi connectivity index (χ3n) is 8.78. The smallest absolute Gasteiger partial charge is 0.307 e. The van der Waals surface area contributed by atoms with Crippen molar-refractivity contribution in [2.24, 2.45) is 40.4 Å². The van der Waals surface area contributed by atoms with Crippen LogP contribution in [-0.4, -0.2) is 16.9 Å². The molecule has 4 rings (SSSR count). The predicted octanol–water partition coefficient (Wildman–Crippen LogP) is 4.30. The van der Waals surface area contributed by atoms with Gasteiger partial charge in [0.05, 0.1) is 5.92 Å². The van der Waals surface area contributed by atoms with Crippen molar-refractivity contribution >= 4 is 11.8 Å². The molecule has 7 atom stereocenters. The molecule has 0 aromatic carbocycles. The molecule has 128 valence electrons. The summed E-state index contributed by atoms with van der Waals surface area (Å²) in [5, 5.41) is 9.64. The third kappa shape index (κ3) is 2.07. The van der Waals surface area contributed by atoms with Crippen molar-refractivity contribution in [1.29, 1.82) is 0 Å². The van der Waals surface area contributed by atoms with E-state index in [1.807, 2.05) is 0 Å². The van der Waals surface area contributed by atoms with Gasteiger partial charge in [0.15, 0.2) is 0 Å². The number of fused-ring (bicyclic) bond motifs is 5. The van der Waals surface area contributed by atoms with Crippen LogP contribution in [0.1, 0.15) is 71.6 Å². The van der Waals surface area contributed by atoms with E-state index in [9.17, 15) is 14.7 Å². The molecule has 0 spiro atoms. The topological polar surface area (TPSA) is 54.4 Å². The van der Waals surface area contributed by atoms with Crippen molar-refractivity contribution in [2.45, 2.75) is 71.6 Å². The van der Waals surface area contributed by atoms with Gasteiger partial charge in [-0.3, -0.25) is 9.59 Å². The van der Waals surface area contributed by atoms with Crippen molar-refractivity contribution < 1.29 is 14.7 Å². The Morgan fingerprint density at radius 3 is 2.48 bits per heavy atom. The molecule has 3 heteroatoms. The number of aliphatic carboxylic acids is 1. The summed E-state index contributed by atoms with van der Waals surface area (Å²) in [7, 11) is 0. The maximum Gasteiger partial charge on any atom is 0.307 e. The standard InChI is InChI=1S/C20H30O3/c1-19-9-7-13(21)11-12(19)3-4-14-15-5-6-17(18(22)23)20(15,2)10-8-16(14)19/h12,14-17H,3-11H2,1-2H3,(H,22,23)/t12?,14-,15-,16-,17+,19-,20-/m0/s1. The number of hydrogen-bond acceptors (Lipinski definition) is 2. The van der Waals surface area contributed by atoms with Gasteiger partial charge in [-0.05, 0) is 79.4 Å². The predicted molar refractivity (Wildman–Crippen MR) is 87.9 cm³/mol. The molecule has 0 radical (unpaired) electrons. The molecule has 0 amide bonds. The largest absolute Gasteiger partial charge is 0.481 e. The van der Waals surface area contributed by atoms with Crippen LogP contribution in [0.15, 0.2) is 0 Å². The molecule has 4 saturated carbocycles. The lowest BCUT2D eigenvalue weighted by molar-refractivity contribution is -0.154. The number of carboxylic acids is 1. The average Bonchev–Trinajstić information content (AvgIpc) is 2.85. The fourth-order valence-electron chi connectivity index (χ4n) is 7.45. The van der Waals surface area contributed by atoms with Crippen molar-refractivity contribution in [2.75, 3.05) is 0 Å². The zero-order valence-electron chi connectivity index (χ0n) is 14.5. The minimum atomic E-state index is -0.573. The van der Waals surface area contributed by atoms with Gasteiger partial charge in [0, 0.05) is 12.8 Å². The van der Waals surface area contributed by atoms with Gasteiger partial charge in [-0.1, -0.05) is 13.8 Å². The van der Waals surface area contributed by atoms with Crippen LogP contribution in [0.4, 0.5) is 0 Å². The second kappa shape index (κ2) is 5.07. The number of ketones is 1. The summed E-state index contributed by atoms with van der Waals surface area (Å²) in [5.41, 5.74) is 0.347. The molecule has 0 bridgehead atoms. The van der Waals surface area contributed by atoms with Gasteiger partial charge in [-0.2, -0.15) is 0 Å². The number of carbonyl (C=O) groups excluding carboxylic acids is 1. The van der Waals surface area contributed by atoms with Crippen molar-refractivity contribution in [3.8, 4) is 0 Å². The molecule has 3 nitrogen and oxygen atoms in total. The maximum atomic E-state index is 11.9. The highest BCUT2D eigenvalue weighted by atomic mass is 16.4. The fourth-order valence-corrected chi connectivity index (χ4v) is 7.45. The van der Waals surface area contributed by atoms with E-state index in [4.69, 9.17) is 0 Å². The summed E-state index contributed by atoms with van der Waals surface area (Å²) in [5.74, 6) is 2.37. The van der Waals surface area contributed by atoms with Gasteiger partial charge in [-0.25, -0.2) is 0 Å².